The van der Waals surface area contributed by atoms with E-state index in [2.05, 4.69) is 30.4 Å². The van der Waals surface area contributed by atoms with Crippen LogP contribution in [0.3, 0.4) is 0 Å². The Morgan fingerprint density at radius 2 is 1.91 bits per heavy atom. The van der Waals surface area contributed by atoms with Gasteiger partial charge in [0.05, 0.1) is 6.67 Å². The lowest BCUT2D eigenvalue weighted by Crippen LogP contribution is -2.43. The summed E-state index contributed by atoms with van der Waals surface area (Å²) < 4.78 is 6.00. The Morgan fingerprint density at radius 1 is 1.12 bits per heavy atom. The second kappa shape index (κ2) is 7.78. The number of nitrogens with one attached hydrogen (secondary N) is 1. The highest BCUT2D eigenvalue weighted by atomic mass is 16.3. The minimum Gasteiger partial charge on any atom is -0.461 e. The number of nitrogens with zero attached hydrogens (tertiary/aromatic N) is 2. The van der Waals surface area contributed by atoms with Crippen molar-refractivity contribution in [1.29, 1.82) is 0 Å². The summed E-state index contributed by atoms with van der Waals surface area (Å²) >= 11 is 0. The number of urea groups is 1. The molecular formula is C26H29N3O3. The fraction of sp³-hybridized carbons (Fsp3) is 0.385. The van der Waals surface area contributed by atoms with Crippen LogP contribution in [0.15, 0.2) is 46.9 Å². The summed E-state index contributed by atoms with van der Waals surface area (Å²) in [6.45, 7) is 4.68. The largest absolute Gasteiger partial charge is 0.461 e. The molecular weight excluding hydrogens is 402 g/mol. The second-order valence-electron chi connectivity index (χ2n) is 9.13. The molecule has 5 rings (SSSR count). The van der Waals surface area contributed by atoms with Crippen molar-refractivity contribution in [2.45, 2.75) is 51.6 Å². The summed E-state index contributed by atoms with van der Waals surface area (Å²) in [7, 11) is 1.92. The quantitative estimate of drug-likeness (QED) is 0.590. The molecule has 3 amide bonds. The molecule has 1 fully saturated rings. The number of benzene rings is 2. The molecule has 1 aromatic heterocycles. The summed E-state index contributed by atoms with van der Waals surface area (Å²) in [4.78, 5) is 29.5. The van der Waals surface area contributed by atoms with Crippen molar-refractivity contribution in [1.82, 2.24) is 15.1 Å². The highest BCUT2D eigenvalue weighted by Crippen LogP contribution is 2.33. The van der Waals surface area contributed by atoms with Crippen LogP contribution in [0.25, 0.3) is 11.0 Å². The number of hydrogen-bond donors (Lipinski definition) is 1. The number of carbonyl (C=O) groups is 2. The predicted octanol–water partition coefficient (Wildman–Crippen LogP) is 4.34. The van der Waals surface area contributed by atoms with Gasteiger partial charge in [-0.15, -0.1) is 0 Å². The number of carbonyl (C=O) groups excluding carboxylic acids is 2. The van der Waals surface area contributed by atoms with E-state index in [9.17, 15) is 9.59 Å². The molecule has 166 valence electrons. The van der Waals surface area contributed by atoms with Crippen molar-refractivity contribution < 1.29 is 14.0 Å². The Kier molecular flexibility index (Phi) is 5.05. The van der Waals surface area contributed by atoms with Crippen LogP contribution in [0.4, 0.5) is 4.79 Å². The van der Waals surface area contributed by atoms with Crippen LogP contribution in [0.2, 0.25) is 0 Å². The number of aryl methyl sites for hydroxylation is 3. The average Bonchev–Trinajstić information content (AvgIpc) is 3.45. The topological polar surface area (TPSA) is 65.8 Å². The van der Waals surface area contributed by atoms with Crippen molar-refractivity contribution in [3.05, 3.63) is 70.5 Å². The van der Waals surface area contributed by atoms with Crippen LogP contribution in [-0.2, 0) is 36.1 Å². The third-order valence-corrected chi connectivity index (χ3v) is 6.86. The molecule has 1 aliphatic heterocycles. The van der Waals surface area contributed by atoms with E-state index in [-0.39, 0.29) is 18.6 Å². The van der Waals surface area contributed by atoms with Crippen molar-refractivity contribution in [3.8, 4) is 0 Å². The molecule has 1 aliphatic carbocycles. The first-order valence-corrected chi connectivity index (χ1v) is 11.3. The lowest BCUT2D eigenvalue weighted by Gasteiger charge is -2.25. The van der Waals surface area contributed by atoms with E-state index in [0.717, 1.165) is 53.5 Å². The summed E-state index contributed by atoms with van der Waals surface area (Å²) in [5.41, 5.74) is 4.44. The monoisotopic (exact) mass is 431 g/mol. The Hall–Kier alpha value is -3.12. The molecule has 0 radical (unpaired) electrons. The standard InChI is InChI=1S/C26H29N3O3/c1-4-22-21(20-10-5-6-11-23(20)32-22)15-28(3)16-29-24(30)26(2,27-25(29)31)19-13-12-17-8-7-9-18(17)14-19/h5-6,10-14H,4,7-9,15-16H2,1-3H3,(H,27,31)/t26-/m0/s1. The first kappa shape index (κ1) is 20.8. The number of furan rings is 1. The molecule has 0 bridgehead atoms. The van der Waals surface area contributed by atoms with E-state index in [1.165, 1.54) is 16.0 Å². The van der Waals surface area contributed by atoms with Crippen molar-refractivity contribution in [2.75, 3.05) is 13.7 Å². The minimum atomic E-state index is -1.04. The van der Waals surface area contributed by atoms with E-state index in [0.29, 0.717) is 6.54 Å². The fourth-order valence-electron chi connectivity index (χ4n) is 5.07. The second-order valence-corrected chi connectivity index (χ2v) is 9.13. The van der Waals surface area contributed by atoms with Gasteiger partial charge in [0.15, 0.2) is 0 Å². The molecule has 6 heteroatoms. The first-order chi connectivity index (χ1) is 15.4. The van der Waals surface area contributed by atoms with E-state index in [4.69, 9.17) is 4.42 Å². The van der Waals surface area contributed by atoms with Crippen LogP contribution >= 0.6 is 0 Å². The molecule has 0 spiro atoms. The normalized spacial score (nSPS) is 20.4. The lowest BCUT2D eigenvalue weighted by molar-refractivity contribution is -0.132. The SMILES string of the molecule is CCc1oc2ccccc2c1CN(C)CN1C(=O)N[C@@](C)(c2ccc3c(c2)CCC3)C1=O. The smallest absolute Gasteiger partial charge is 0.326 e. The summed E-state index contributed by atoms with van der Waals surface area (Å²) in [6.07, 6.45) is 4.06. The minimum absolute atomic E-state index is 0.208. The summed E-state index contributed by atoms with van der Waals surface area (Å²) in [5.74, 6) is 0.735. The van der Waals surface area contributed by atoms with Gasteiger partial charge in [0, 0.05) is 23.9 Å². The zero-order valence-electron chi connectivity index (χ0n) is 18.9. The van der Waals surface area contributed by atoms with Crippen molar-refractivity contribution in [2.24, 2.45) is 0 Å². The highest BCUT2D eigenvalue weighted by Gasteiger charge is 2.49. The number of rotatable bonds is 6. The number of amides is 3. The molecule has 3 aromatic rings. The Bertz CT molecular complexity index is 1210. The van der Waals surface area contributed by atoms with Gasteiger partial charge in [0.2, 0.25) is 0 Å². The maximum atomic E-state index is 13.4. The number of para-hydroxylation sites is 1. The number of imide groups is 1. The van der Waals surface area contributed by atoms with E-state index < -0.39 is 5.54 Å². The van der Waals surface area contributed by atoms with Crippen molar-refractivity contribution in [3.63, 3.8) is 0 Å². The molecule has 1 atom stereocenters. The van der Waals surface area contributed by atoms with Gasteiger partial charge in [-0.2, -0.15) is 0 Å². The summed E-state index contributed by atoms with van der Waals surface area (Å²) in [6, 6.07) is 13.8. The molecule has 1 N–H and O–H groups in total. The Morgan fingerprint density at radius 3 is 2.72 bits per heavy atom. The van der Waals surface area contributed by atoms with Crippen LogP contribution in [-0.4, -0.2) is 35.5 Å². The third-order valence-electron chi connectivity index (χ3n) is 6.86. The van der Waals surface area contributed by atoms with E-state index in [1.807, 2.05) is 43.1 Å². The van der Waals surface area contributed by atoms with Gasteiger partial charge in [0.1, 0.15) is 16.9 Å². The Balaban J connectivity index is 1.36. The molecule has 0 unspecified atom stereocenters. The molecule has 2 aliphatic rings. The van der Waals surface area contributed by atoms with Gasteiger partial charge in [-0.1, -0.05) is 43.3 Å². The van der Waals surface area contributed by atoms with E-state index in [1.54, 1.807) is 0 Å². The molecule has 0 saturated carbocycles. The molecule has 2 heterocycles. The number of hydrogen-bond acceptors (Lipinski definition) is 4. The predicted molar refractivity (Wildman–Crippen MR) is 123 cm³/mol. The fourth-order valence-corrected chi connectivity index (χ4v) is 5.07. The average molecular weight is 432 g/mol. The molecule has 2 aromatic carbocycles. The van der Waals surface area contributed by atoms with Gasteiger partial charge < -0.3 is 9.73 Å². The van der Waals surface area contributed by atoms with E-state index >= 15 is 0 Å². The maximum absolute atomic E-state index is 13.4. The van der Waals surface area contributed by atoms with Gasteiger partial charge in [-0.3, -0.25) is 9.69 Å². The van der Waals surface area contributed by atoms with Gasteiger partial charge in [-0.25, -0.2) is 9.69 Å². The van der Waals surface area contributed by atoms with Crippen LogP contribution < -0.4 is 5.32 Å². The van der Waals surface area contributed by atoms with Gasteiger partial charge in [-0.05, 0) is 56.0 Å². The zero-order valence-corrected chi connectivity index (χ0v) is 18.9. The number of fused-ring (bicyclic) bond motifs is 2. The summed E-state index contributed by atoms with van der Waals surface area (Å²) in [5, 5.41) is 4.03. The zero-order chi connectivity index (χ0) is 22.5. The maximum Gasteiger partial charge on any atom is 0.326 e. The third kappa shape index (κ3) is 3.30. The highest BCUT2D eigenvalue weighted by molar-refractivity contribution is 6.07. The van der Waals surface area contributed by atoms with Gasteiger partial charge >= 0.3 is 6.03 Å². The van der Waals surface area contributed by atoms with Crippen LogP contribution in [0.5, 0.6) is 0 Å². The van der Waals surface area contributed by atoms with Crippen LogP contribution in [0.1, 0.15) is 48.3 Å². The Labute approximate surface area is 188 Å². The molecule has 1 saturated heterocycles. The molecule has 32 heavy (non-hydrogen) atoms. The van der Waals surface area contributed by atoms with Crippen LogP contribution in [0, 0.1) is 0 Å². The van der Waals surface area contributed by atoms with Gasteiger partial charge in [0.25, 0.3) is 5.91 Å². The lowest BCUT2D eigenvalue weighted by atomic mass is 9.90. The first-order valence-electron chi connectivity index (χ1n) is 11.3. The van der Waals surface area contributed by atoms with Crippen molar-refractivity contribution >= 4 is 22.9 Å². The molecule has 6 nitrogen and oxygen atoms in total.